The van der Waals surface area contributed by atoms with Gasteiger partial charge in [0.1, 0.15) is 6.61 Å². The van der Waals surface area contributed by atoms with E-state index in [0.29, 0.717) is 17.8 Å². The number of carbonyl (C=O) groups is 1. The fourth-order valence-electron chi connectivity index (χ4n) is 3.29. The minimum Gasteiger partial charge on any atom is -0.368 e. The predicted molar refractivity (Wildman–Crippen MR) is 87.7 cm³/mol. The molecule has 0 aromatic heterocycles. The van der Waals surface area contributed by atoms with Gasteiger partial charge in [0.15, 0.2) is 0 Å². The molecule has 0 aromatic rings. The van der Waals surface area contributed by atoms with Crippen LogP contribution in [0.25, 0.3) is 0 Å². The highest BCUT2D eigenvalue weighted by molar-refractivity contribution is 5.85. The van der Waals surface area contributed by atoms with Gasteiger partial charge in [0.05, 0.1) is 6.10 Å². The second kappa shape index (κ2) is 8.96. The molecule has 1 aliphatic carbocycles. The fourth-order valence-corrected chi connectivity index (χ4v) is 3.29. The number of nitrogens with one attached hydrogen (secondary N) is 2. The van der Waals surface area contributed by atoms with Gasteiger partial charge in [-0.05, 0) is 30.6 Å². The monoisotopic (exact) mass is 318 g/mol. The summed E-state index contributed by atoms with van der Waals surface area (Å²) in [4.78, 5) is 11.8. The summed E-state index contributed by atoms with van der Waals surface area (Å²) >= 11 is 0. The molecule has 21 heavy (non-hydrogen) atoms. The molecule has 3 atom stereocenters. The molecule has 1 aliphatic heterocycles. The van der Waals surface area contributed by atoms with Crippen molar-refractivity contribution in [2.24, 2.45) is 23.7 Å². The van der Waals surface area contributed by atoms with Crippen LogP contribution in [0.5, 0.6) is 0 Å². The maximum Gasteiger partial charge on any atom is 0.246 e. The summed E-state index contributed by atoms with van der Waals surface area (Å²) in [6, 6.07) is 0. The quantitative estimate of drug-likeness (QED) is 0.789. The summed E-state index contributed by atoms with van der Waals surface area (Å²) < 4.78 is 5.95. The molecule has 4 nitrogen and oxygen atoms in total. The zero-order valence-electron chi connectivity index (χ0n) is 13.6. The highest BCUT2D eigenvalue weighted by atomic mass is 35.5. The molecule has 0 bridgehead atoms. The van der Waals surface area contributed by atoms with Gasteiger partial charge >= 0.3 is 0 Å². The van der Waals surface area contributed by atoms with Crippen LogP contribution in [-0.2, 0) is 9.53 Å². The summed E-state index contributed by atoms with van der Waals surface area (Å²) in [6.07, 6.45) is 3.89. The van der Waals surface area contributed by atoms with E-state index < -0.39 is 0 Å². The molecule has 2 fully saturated rings. The number of hydrogen-bond donors (Lipinski definition) is 2. The maximum atomic E-state index is 11.8. The number of ether oxygens (including phenoxy) is 1. The first-order valence-corrected chi connectivity index (χ1v) is 8.15. The van der Waals surface area contributed by atoms with Crippen molar-refractivity contribution in [3.63, 3.8) is 0 Å². The summed E-state index contributed by atoms with van der Waals surface area (Å²) in [5.41, 5.74) is 0. The first-order chi connectivity index (χ1) is 9.56. The third-order valence-corrected chi connectivity index (χ3v) is 4.84. The van der Waals surface area contributed by atoms with Crippen LogP contribution in [0.3, 0.4) is 0 Å². The molecule has 124 valence electrons. The van der Waals surface area contributed by atoms with Crippen molar-refractivity contribution in [3.8, 4) is 0 Å². The van der Waals surface area contributed by atoms with Crippen molar-refractivity contribution >= 4 is 18.3 Å². The molecule has 2 aliphatic rings. The predicted octanol–water partition coefficient (Wildman–Crippen LogP) is 2.22. The largest absolute Gasteiger partial charge is 0.368 e. The molecule has 1 amide bonds. The van der Waals surface area contributed by atoms with Gasteiger partial charge in [-0.15, -0.1) is 12.4 Å². The molecule has 1 heterocycles. The lowest BCUT2D eigenvalue weighted by atomic mass is 9.75. The van der Waals surface area contributed by atoms with Gasteiger partial charge in [-0.25, -0.2) is 0 Å². The molecule has 2 rings (SSSR count). The Balaban J connectivity index is 0.00000220. The summed E-state index contributed by atoms with van der Waals surface area (Å²) in [6.45, 7) is 9.87. The van der Waals surface area contributed by atoms with Gasteiger partial charge in [-0.3, -0.25) is 4.79 Å². The van der Waals surface area contributed by atoms with Crippen LogP contribution in [0.15, 0.2) is 0 Å². The molecule has 0 aromatic carbocycles. The third-order valence-electron chi connectivity index (χ3n) is 4.84. The van der Waals surface area contributed by atoms with Gasteiger partial charge in [0, 0.05) is 25.6 Å². The highest BCUT2D eigenvalue weighted by Gasteiger charge is 2.31. The summed E-state index contributed by atoms with van der Waals surface area (Å²) in [5.74, 6) is 2.61. The van der Waals surface area contributed by atoms with Crippen LogP contribution in [-0.4, -0.2) is 38.3 Å². The zero-order valence-corrected chi connectivity index (χ0v) is 14.4. The van der Waals surface area contributed by atoms with Gasteiger partial charge in [0.25, 0.3) is 0 Å². The first kappa shape index (κ1) is 18.7. The van der Waals surface area contributed by atoms with E-state index in [-0.39, 0.29) is 31.0 Å². The van der Waals surface area contributed by atoms with Gasteiger partial charge in [-0.1, -0.05) is 27.2 Å². The van der Waals surface area contributed by atoms with Gasteiger partial charge < -0.3 is 15.4 Å². The highest BCUT2D eigenvalue weighted by Crippen LogP contribution is 2.35. The van der Waals surface area contributed by atoms with E-state index in [1.165, 1.54) is 12.8 Å². The lowest BCUT2D eigenvalue weighted by Crippen LogP contribution is -2.48. The van der Waals surface area contributed by atoms with E-state index in [1.54, 1.807) is 0 Å². The SMILES string of the molecule is CC1CCC(C(C)C)C(OCC(=O)NCC2CNC2)C1.Cl. The standard InChI is InChI=1S/C16H30N2O2.ClH/c1-11(2)14-5-4-12(3)6-15(14)20-10-16(19)18-9-13-7-17-8-13;/h11-15,17H,4-10H2,1-3H3,(H,18,19);1H. The smallest absolute Gasteiger partial charge is 0.246 e. The van der Waals surface area contributed by atoms with Crippen molar-refractivity contribution in [2.75, 3.05) is 26.2 Å². The maximum absolute atomic E-state index is 11.8. The number of halogens is 1. The van der Waals surface area contributed by atoms with Crippen LogP contribution in [0.2, 0.25) is 0 Å². The number of amides is 1. The molecule has 1 saturated heterocycles. The Morgan fingerprint density at radius 3 is 2.62 bits per heavy atom. The lowest BCUT2D eigenvalue weighted by Gasteiger charge is -2.37. The van der Waals surface area contributed by atoms with E-state index in [1.807, 2.05) is 0 Å². The minimum absolute atomic E-state index is 0. The Morgan fingerprint density at radius 1 is 1.33 bits per heavy atom. The van der Waals surface area contributed by atoms with Crippen molar-refractivity contribution in [2.45, 2.75) is 46.1 Å². The van der Waals surface area contributed by atoms with Crippen LogP contribution in [0.1, 0.15) is 40.0 Å². The topological polar surface area (TPSA) is 50.4 Å². The van der Waals surface area contributed by atoms with E-state index in [0.717, 1.165) is 32.0 Å². The number of carbonyl (C=O) groups excluding carboxylic acids is 1. The number of rotatable bonds is 6. The Bertz CT molecular complexity index is 321. The molecule has 0 radical (unpaired) electrons. The Morgan fingerprint density at radius 2 is 2.05 bits per heavy atom. The van der Waals surface area contributed by atoms with E-state index in [2.05, 4.69) is 31.4 Å². The lowest BCUT2D eigenvalue weighted by molar-refractivity contribution is -0.131. The zero-order chi connectivity index (χ0) is 14.5. The van der Waals surface area contributed by atoms with Crippen LogP contribution < -0.4 is 10.6 Å². The van der Waals surface area contributed by atoms with Crippen LogP contribution in [0, 0.1) is 23.7 Å². The Hall–Kier alpha value is -0.320. The molecule has 3 unspecified atom stereocenters. The minimum atomic E-state index is 0. The van der Waals surface area contributed by atoms with Gasteiger partial charge in [-0.2, -0.15) is 0 Å². The van der Waals surface area contributed by atoms with E-state index in [9.17, 15) is 4.79 Å². The average molecular weight is 319 g/mol. The molecule has 2 N–H and O–H groups in total. The molecule has 0 spiro atoms. The van der Waals surface area contributed by atoms with E-state index >= 15 is 0 Å². The normalized spacial score (nSPS) is 29.6. The Kier molecular flexibility index (Phi) is 7.99. The van der Waals surface area contributed by atoms with Crippen LogP contribution >= 0.6 is 12.4 Å². The van der Waals surface area contributed by atoms with Crippen LogP contribution in [0.4, 0.5) is 0 Å². The van der Waals surface area contributed by atoms with Crippen molar-refractivity contribution in [1.29, 1.82) is 0 Å². The Labute approximate surface area is 135 Å². The molecular formula is C16H31ClN2O2. The average Bonchev–Trinajstić information content (AvgIpc) is 2.34. The molecule has 5 heteroatoms. The van der Waals surface area contributed by atoms with Crippen molar-refractivity contribution in [1.82, 2.24) is 10.6 Å². The second-order valence-electron chi connectivity index (χ2n) is 7.00. The second-order valence-corrected chi connectivity index (χ2v) is 7.00. The summed E-state index contributed by atoms with van der Waals surface area (Å²) in [7, 11) is 0. The molecular weight excluding hydrogens is 288 g/mol. The first-order valence-electron chi connectivity index (χ1n) is 8.15. The van der Waals surface area contributed by atoms with E-state index in [4.69, 9.17) is 4.74 Å². The number of hydrogen-bond acceptors (Lipinski definition) is 3. The van der Waals surface area contributed by atoms with Gasteiger partial charge in [0.2, 0.25) is 5.91 Å². The third kappa shape index (κ3) is 5.76. The van der Waals surface area contributed by atoms with Crippen molar-refractivity contribution < 1.29 is 9.53 Å². The fraction of sp³-hybridized carbons (Fsp3) is 0.938. The summed E-state index contributed by atoms with van der Waals surface area (Å²) in [5, 5.41) is 6.18. The van der Waals surface area contributed by atoms with Crippen molar-refractivity contribution in [3.05, 3.63) is 0 Å². The molecule has 1 saturated carbocycles.